The molecule has 2 aromatic heterocycles. The zero-order valence-electron chi connectivity index (χ0n) is 28.6. The van der Waals surface area contributed by atoms with Crippen LogP contribution < -0.4 is 27.8 Å². The fourth-order valence-electron chi connectivity index (χ4n) is 6.68. The summed E-state index contributed by atoms with van der Waals surface area (Å²) in [7, 11) is 0. The highest BCUT2D eigenvalue weighted by atomic mass is 16.5. The molecule has 0 saturated heterocycles. The van der Waals surface area contributed by atoms with Gasteiger partial charge < -0.3 is 42.0 Å². The smallest absolute Gasteiger partial charge is 0.249 e. The van der Waals surface area contributed by atoms with E-state index in [0.717, 1.165) is 41.9 Å². The number of rotatable bonds is 19. The van der Waals surface area contributed by atoms with Gasteiger partial charge >= 0.3 is 0 Å². The van der Waals surface area contributed by atoms with Gasteiger partial charge in [-0.15, -0.1) is 0 Å². The minimum atomic E-state index is -0.947. The predicted octanol–water partition coefficient (Wildman–Crippen LogP) is 3.90. The Balaban J connectivity index is 1.42. The number of carbonyl (C=O) groups is 2. The number of hydrogen-bond acceptors (Lipinski definition) is 10. The topological polar surface area (TPSA) is 213 Å². The van der Waals surface area contributed by atoms with E-state index in [9.17, 15) is 14.7 Å². The second-order valence-electron chi connectivity index (χ2n) is 13.3. The summed E-state index contributed by atoms with van der Waals surface area (Å²) < 4.78 is 7.45. The number of aryl methyl sites for hydroxylation is 4. The third-order valence-corrected chi connectivity index (χ3v) is 9.50. The molecule has 1 aliphatic rings. The molecule has 1 saturated carbocycles. The lowest BCUT2D eigenvalue weighted by molar-refractivity contribution is -0.130. The Bertz CT molecular complexity index is 1430. The Morgan fingerprint density at radius 3 is 2.48 bits per heavy atom. The molecule has 1 aliphatic carbocycles. The lowest BCUT2D eigenvalue weighted by atomic mass is 9.85. The number of nitrogens with one attached hydrogen (secondary N) is 2. The average Bonchev–Trinajstić information content (AvgIpc) is 3.71. The largest absolute Gasteiger partial charge is 0.508 e. The fraction of sp³-hybridized carbons (Fsp3) is 0.629. The quantitative estimate of drug-likeness (QED) is 0.102. The van der Waals surface area contributed by atoms with Crippen molar-refractivity contribution in [2.45, 2.75) is 128 Å². The van der Waals surface area contributed by atoms with Crippen molar-refractivity contribution in [3.05, 3.63) is 52.9 Å². The van der Waals surface area contributed by atoms with E-state index in [1.54, 1.807) is 29.1 Å². The number of phenols is 1. The second kappa shape index (κ2) is 18.5. The van der Waals surface area contributed by atoms with Crippen molar-refractivity contribution < 1.29 is 19.2 Å². The summed E-state index contributed by atoms with van der Waals surface area (Å²) in [5, 5.41) is 20.3. The minimum Gasteiger partial charge on any atom is -0.508 e. The Morgan fingerprint density at radius 1 is 1.04 bits per heavy atom. The van der Waals surface area contributed by atoms with Crippen LogP contribution in [0.25, 0.3) is 0 Å². The van der Waals surface area contributed by atoms with Crippen molar-refractivity contribution in [2.75, 3.05) is 12.3 Å². The molecule has 0 unspecified atom stereocenters. The summed E-state index contributed by atoms with van der Waals surface area (Å²) in [5.74, 6) is 1.51. The van der Waals surface area contributed by atoms with Crippen LogP contribution in [-0.2, 0) is 29.0 Å². The molecule has 3 atom stereocenters. The first-order valence-electron chi connectivity index (χ1n) is 17.6. The number of nitrogens with zero attached hydrogens (tertiary/aromatic N) is 4. The number of carbonyl (C=O) groups excluding carboxylic acids is 2. The third-order valence-electron chi connectivity index (χ3n) is 9.50. The van der Waals surface area contributed by atoms with Gasteiger partial charge in [0.2, 0.25) is 17.7 Å². The number of amides is 2. The Kier molecular flexibility index (Phi) is 14.2. The van der Waals surface area contributed by atoms with Gasteiger partial charge in [0.1, 0.15) is 17.8 Å². The van der Waals surface area contributed by atoms with Gasteiger partial charge in [0.25, 0.3) is 0 Å². The van der Waals surface area contributed by atoms with Gasteiger partial charge in [-0.3, -0.25) is 9.59 Å². The normalized spacial score (nSPS) is 15.6. The standard InChI is InChI=1S/C35H55N9O4/c1-23-20-26(45)21-24(2)27(23)22-30(41-32(46)28(37)13-9-18-44-19-17-39-35(44)38)33(47)40-29(14-8-16-36)34-42-31(43-48-34)15-7-6-12-25-10-4-3-5-11-25/h17,19-21,25,28-30,45H,3-16,18,22,36-37H2,1-2H3,(H2,38,39)(H,40,47)(H,41,46)/t28-,29+,30+/m1/s1. The van der Waals surface area contributed by atoms with Crippen LogP contribution in [0.5, 0.6) is 5.75 Å². The lowest BCUT2D eigenvalue weighted by Crippen LogP contribution is -2.53. The molecule has 0 aliphatic heterocycles. The summed E-state index contributed by atoms with van der Waals surface area (Å²) in [6.07, 6.45) is 16.6. The van der Waals surface area contributed by atoms with E-state index in [-0.39, 0.29) is 12.2 Å². The molecule has 2 heterocycles. The molecule has 1 aromatic carbocycles. The summed E-state index contributed by atoms with van der Waals surface area (Å²) in [5.41, 5.74) is 20.4. The molecule has 0 radical (unpaired) electrons. The van der Waals surface area contributed by atoms with Gasteiger partial charge in [-0.25, -0.2) is 4.98 Å². The van der Waals surface area contributed by atoms with Crippen molar-refractivity contribution in [1.82, 2.24) is 30.3 Å². The van der Waals surface area contributed by atoms with E-state index < -0.39 is 29.9 Å². The van der Waals surface area contributed by atoms with Crippen LogP contribution in [0, 0.1) is 19.8 Å². The summed E-state index contributed by atoms with van der Waals surface area (Å²) in [6, 6.07) is 0.937. The second-order valence-corrected chi connectivity index (χ2v) is 13.3. The number of aromatic nitrogens is 4. The Morgan fingerprint density at radius 2 is 1.79 bits per heavy atom. The van der Waals surface area contributed by atoms with Crippen LogP contribution in [0.4, 0.5) is 5.95 Å². The lowest BCUT2D eigenvalue weighted by Gasteiger charge is -2.24. The Labute approximate surface area is 283 Å². The number of aromatic hydroxyl groups is 1. The van der Waals surface area contributed by atoms with Crippen molar-refractivity contribution in [2.24, 2.45) is 17.4 Å². The van der Waals surface area contributed by atoms with E-state index in [2.05, 4.69) is 25.8 Å². The molecule has 9 N–H and O–H groups in total. The number of imidazole rings is 1. The van der Waals surface area contributed by atoms with Crippen LogP contribution in [0.1, 0.15) is 111 Å². The number of anilines is 1. The summed E-state index contributed by atoms with van der Waals surface area (Å²) >= 11 is 0. The third kappa shape index (κ3) is 11.0. The molecule has 264 valence electrons. The number of nitrogen functional groups attached to an aromatic ring is 1. The number of benzene rings is 1. The highest BCUT2D eigenvalue weighted by molar-refractivity contribution is 5.90. The van der Waals surface area contributed by atoms with E-state index in [1.807, 2.05) is 13.8 Å². The zero-order valence-corrected chi connectivity index (χ0v) is 28.6. The molecule has 2 amide bonds. The van der Waals surface area contributed by atoms with Crippen LogP contribution in [-0.4, -0.2) is 55.2 Å². The van der Waals surface area contributed by atoms with Crippen LogP contribution in [0.15, 0.2) is 29.0 Å². The van der Waals surface area contributed by atoms with Crippen LogP contribution >= 0.6 is 0 Å². The SMILES string of the molecule is Cc1cc(O)cc(C)c1C[C@H](NC(=O)[C@H](N)CCCn1ccnc1N)C(=O)N[C@@H](CCCN)c1nc(CCCCC2CCCCC2)no1. The van der Waals surface area contributed by atoms with Gasteiger partial charge in [0.15, 0.2) is 11.8 Å². The Hall–Kier alpha value is -3.97. The monoisotopic (exact) mass is 665 g/mol. The first-order valence-corrected chi connectivity index (χ1v) is 17.6. The zero-order chi connectivity index (χ0) is 34.5. The number of phenolic OH excluding ortho intramolecular Hbond substituents is 1. The van der Waals surface area contributed by atoms with E-state index in [1.165, 1.54) is 38.5 Å². The number of unbranched alkanes of at least 4 members (excludes halogenated alkanes) is 1. The minimum absolute atomic E-state index is 0.141. The molecule has 3 aromatic rings. The molecule has 4 rings (SSSR count). The van der Waals surface area contributed by atoms with Gasteiger partial charge in [0.05, 0.1) is 6.04 Å². The van der Waals surface area contributed by atoms with Crippen molar-refractivity contribution in [3.8, 4) is 5.75 Å². The van der Waals surface area contributed by atoms with Crippen LogP contribution in [0.2, 0.25) is 0 Å². The first kappa shape index (κ1) is 36.9. The molecule has 0 spiro atoms. The predicted molar refractivity (Wildman–Crippen MR) is 185 cm³/mol. The molecular weight excluding hydrogens is 610 g/mol. The summed E-state index contributed by atoms with van der Waals surface area (Å²) in [4.78, 5) is 35.9. The van der Waals surface area contributed by atoms with Crippen LogP contribution in [0.3, 0.4) is 0 Å². The first-order chi connectivity index (χ1) is 23.1. The van der Waals surface area contributed by atoms with Gasteiger partial charge in [-0.2, -0.15) is 4.98 Å². The van der Waals surface area contributed by atoms with Crippen molar-refractivity contribution >= 4 is 17.8 Å². The maximum Gasteiger partial charge on any atom is 0.249 e. The summed E-state index contributed by atoms with van der Waals surface area (Å²) in [6.45, 7) is 4.73. The molecule has 1 fully saturated rings. The van der Waals surface area contributed by atoms with Crippen molar-refractivity contribution in [1.29, 1.82) is 0 Å². The maximum atomic E-state index is 14.0. The van der Waals surface area contributed by atoms with E-state index in [4.69, 9.17) is 21.7 Å². The highest BCUT2D eigenvalue weighted by Crippen LogP contribution is 2.28. The fourth-order valence-corrected chi connectivity index (χ4v) is 6.68. The molecule has 13 heteroatoms. The number of nitrogens with two attached hydrogens (primary N) is 3. The van der Waals surface area contributed by atoms with Gasteiger partial charge in [0, 0.05) is 31.8 Å². The van der Waals surface area contributed by atoms with E-state index in [0.29, 0.717) is 56.4 Å². The molecule has 48 heavy (non-hydrogen) atoms. The average molecular weight is 666 g/mol. The van der Waals surface area contributed by atoms with Gasteiger partial charge in [-0.1, -0.05) is 50.1 Å². The maximum absolute atomic E-state index is 14.0. The van der Waals surface area contributed by atoms with Gasteiger partial charge in [-0.05, 0) is 87.2 Å². The molecule has 13 nitrogen and oxygen atoms in total. The molecule has 0 bridgehead atoms. The number of hydrogen-bond donors (Lipinski definition) is 6. The van der Waals surface area contributed by atoms with E-state index >= 15 is 0 Å². The van der Waals surface area contributed by atoms with Crippen molar-refractivity contribution in [3.63, 3.8) is 0 Å². The molecular formula is C35H55N9O4. The highest BCUT2D eigenvalue weighted by Gasteiger charge is 2.29.